The van der Waals surface area contributed by atoms with Crippen LogP contribution in [-0.4, -0.2) is 29.2 Å². The van der Waals surface area contributed by atoms with E-state index in [0.717, 1.165) is 17.0 Å². The Kier molecular flexibility index (Phi) is 4.33. The highest BCUT2D eigenvalue weighted by Gasteiger charge is 2.15. The van der Waals surface area contributed by atoms with Gasteiger partial charge in [0.1, 0.15) is 17.1 Å². The number of nitrogens with zero attached hydrogens (tertiary/aromatic N) is 2. The van der Waals surface area contributed by atoms with Gasteiger partial charge in [-0.3, -0.25) is 0 Å². The maximum Gasteiger partial charge on any atom is 0.175 e. The fourth-order valence-electron chi connectivity index (χ4n) is 2.82. The Morgan fingerprint density at radius 2 is 1.81 bits per heavy atom. The lowest BCUT2D eigenvalue weighted by atomic mass is 10.2. The molecule has 2 aromatic heterocycles. The molecule has 0 saturated heterocycles. The van der Waals surface area contributed by atoms with Gasteiger partial charge < -0.3 is 19.8 Å². The fraction of sp³-hybridized carbons (Fsp3) is 0.100. The van der Waals surface area contributed by atoms with Crippen LogP contribution in [0, 0.1) is 5.82 Å². The molecule has 136 valence electrons. The van der Waals surface area contributed by atoms with Crippen molar-refractivity contribution in [2.24, 2.45) is 0 Å². The molecule has 0 unspecified atom stereocenters. The molecule has 0 bridgehead atoms. The molecule has 0 amide bonds. The van der Waals surface area contributed by atoms with E-state index in [1.807, 2.05) is 24.3 Å². The van der Waals surface area contributed by atoms with Gasteiger partial charge in [-0.05, 0) is 42.5 Å². The highest BCUT2D eigenvalue weighted by Crippen LogP contribution is 2.31. The van der Waals surface area contributed by atoms with Gasteiger partial charge in [0.05, 0.1) is 25.3 Å². The van der Waals surface area contributed by atoms with Crippen LogP contribution < -0.4 is 14.8 Å². The average Bonchev–Trinajstić information content (AvgIpc) is 3.14. The first-order valence-corrected chi connectivity index (χ1v) is 8.28. The summed E-state index contributed by atoms with van der Waals surface area (Å²) in [6, 6.07) is 14.2. The smallest absolute Gasteiger partial charge is 0.175 e. The van der Waals surface area contributed by atoms with Gasteiger partial charge in [-0.15, -0.1) is 0 Å². The minimum Gasteiger partial charge on any atom is -0.497 e. The third-order valence-corrected chi connectivity index (χ3v) is 4.19. The molecule has 6 nitrogen and oxygen atoms in total. The molecule has 0 aliphatic carbocycles. The van der Waals surface area contributed by atoms with Gasteiger partial charge in [-0.2, -0.15) is 0 Å². The van der Waals surface area contributed by atoms with Crippen molar-refractivity contribution in [2.75, 3.05) is 19.5 Å². The Morgan fingerprint density at radius 1 is 1.00 bits per heavy atom. The lowest BCUT2D eigenvalue weighted by Crippen LogP contribution is -1.95. The summed E-state index contributed by atoms with van der Waals surface area (Å²) < 4.78 is 24.8. The number of hydrogen-bond acceptors (Lipinski definition) is 5. The molecule has 0 atom stereocenters. The van der Waals surface area contributed by atoms with Crippen molar-refractivity contribution in [2.45, 2.75) is 0 Å². The second kappa shape index (κ2) is 6.95. The van der Waals surface area contributed by atoms with E-state index >= 15 is 0 Å². The molecule has 2 N–H and O–H groups in total. The standard InChI is InChI=1S/C20H17FN4O2/c1-26-13-8-6-12(7-9-13)23-20-18-15(10-11-22-20)24-19(25-18)14-4-3-5-16(27-2)17(14)21/h3-11H,1-2H3,(H,22,23)(H,24,25). The number of H-pyrrole nitrogens is 1. The van der Waals surface area contributed by atoms with E-state index in [1.54, 1.807) is 37.6 Å². The monoisotopic (exact) mass is 364 g/mol. The fourth-order valence-corrected chi connectivity index (χ4v) is 2.82. The zero-order chi connectivity index (χ0) is 18.8. The summed E-state index contributed by atoms with van der Waals surface area (Å²) in [6.45, 7) is 0. The molecule has 4 aromatic rings. The van der Waals surface area contributed by atoms with Crippen LogP contribution in [0.5, 0.6) is 11.5 Å². The summed E-state index contributed by atoms with van der Waals surface area (Å²) in [5.41, 5.74) is 2.54. The van der Waals surface area contributed by atoms with Crippen LogP contribution in [0.4, 0.5) is 15.9 Å². The van der Waals surface area contributed by atoms with E-state index in [-0.39, 0.29) is 5.75 Å². The van der Waals surface area contributed by atoms with Crippen molar-refractivity contribution in [3.63, 3.8) is 0 Å². The first-order valence-electron chi connectivity index (χ1n) is 8.28. The van der Waals surface area contributed by atoms with Crippen LogP contribution in [0.2, 0.25) is 0 Å². The molecular weight excluding hydrogens is 347 g/mol. The molecule has 0 radical (unpaired) electrons. The first kappa shape index (κ1) is 16.8. The summed E-state index contributed by atoms with van der Waals surface area (Å²) >= 11 is 0. The number of methoxy groups -OCH3 is 2. The minimum absolute atomic E-state index is 0.169. The maximum atomic E-state index is 14.6. The van der Waals surface area contributed by atoms with Gasteiger partial charge in [-0.25, -0.2) is 14.4 Å². The zero-order valence-corrected chi connectivity index (χ0v) is 14.8. The second-order valence-electron chi connectivity index (χ2n) is 5.82. The second-order valence-corrected chi connectivity index (χ2v) is 5.82. The number of fused-ring (bicyclic) bond motifs is 1. The molecule has 0 spiro atoms. The molecular formula is C20H17FN4O2. The highest BCUT2D eigenvalue weighted by atomic mass is 19.1. The SMILES string of the molecule is COc1ccc(Nc2nccc3[nH]c(-c4cccc(OC)c4F)nc23)cc1. The molecule has 4 rings (SSSR count). The Bertz CT molecular complexity index is 1090. The van der Waals surface area contributed by atoms with E-state index in [2.05, 4.69) is 20.3 Å². The van der Waals surface area contributed by atoms with Gasteiger partial charge in [0.15, 0.2) is 17.4 Å². The topological polar surface area (TPSA) is 72.1 Å². The Balaban J connectivity index is 1.74. The summed E-state index contributed by atoms with van der Waals surface area (Å²) in [7, 11) is 3.05. The number of nitrogens with one attached hydrogen (secondary N) is 2. The van der Waals surface area contributed by atoms with Gasteiger partial charge in [-0.1, -0.05) is 6.07 Å². The largest absolute Gasteiger partial charge is 0.497 e. The van der Waals surface area contributed by atoms with Crippen molar-refractivity contribution < 1.29 is 13.9 Å². The van der Waals surface area contributed by atoms with Crippen LogP contribution >= 0.6 is 0 Å². The number of halogens is 1. The number of benzene rings is 2. The number of rotatable bonds is 5. The van der Waals surface area contributed by atoms with Crippen LogP contribution in [0.3, 0.4) is 0 Å². The number of aromatic nitrogens is 3. The molecule has 2 aromatic carbocycles. The summed E-state index contributed by atoms with van der Waals surface area (Å²) in [4.78, 5) is 12.1. The number of aromatic amines is 1. The van der Waals surface area contributed by atoms with Crippen LogP contribution in [0.1, 0.15) is 0 Å². The Hall–Kier alpha value is -3.61. The van der Waals surface area contributed by atoms with Gasteiger partial charge in [0.25, 0.3) is 0 Å². The summed E-state index contributed by atoms with van der Waals surface area (Å²) in [5, 5.41) is 3.23. The predicted molar refractivity (Wildman–Crippen MR) is 102 cm³/mol. The number of pyridine rings is 1. The van der Waals surface area contributed by atoms with Crippen molar-refractivity contribution in [1.82, 2.24) is 15.0 Å². The number of imidazole rings is 1. The number of hydrogen-bond donors (Lipinski definition) is 2. The van der Waals surface area contributed by atoms with Crippen molar-refractivity contribution >= 4 is 22.5 Å². The Labute approximate surface area is 155 Å². The third-order valence-electron chi connectivity index (χ3n) is 4.19. The Morgan fingerprint density at radius 3 is 2.56 bits per heavy atom. The zero-order valence-electron chi connectivity index (χ0n) is 14.8. The highest BCUT2D eigenvalue weighted by molar-refractivity contribution is 5.90. The van der Waals surface area contributed by atoms with Crippen LogP contribution in [-0.2, 0) is 0 Å². The van der Waals surface area contributed by atoms with E-state index in [1.165, 1.54) is 7.11 Å². The van der Waals surface area contributed by atoms with Crippen molar-refractivity contribution in [1.29, 1.82) is 0 Å². The lowest BCUT2D eigenvalue weighted by Gasteiger charge is -2.07. The quantitative estimate of drug-likeness (QED) is 0.545. The molecule has 0 saturated carbocycles. The maximum absolute atomic E-state index is 14.6. The van der Waals surface area contributed by atoms with Crippen LogP contribution in [0.15, 0.2) is 54.7 Å². The molecule has 7 heteroatoms. The lowest BCUT2D eigenvalue weighted by molar-refractivity contribution is 0.387. The van der Waals surface area contributed by atoms with E-state index in [4.69, 9.17) is 9.47 Å². The van der Waals surface area contributed by atoms with Crippen molar-refractivity contribution in [3.05, 3.63) is 60.5 Å². The van der Waals surface area contributed by atoms with Gasteiger partial charge in [0.2, 0.25) is 0 Å². The van der Waals surface area contributed by atoms with Gasteiger partial charge >= 0.3 is 0 Å². The average molecular weight is 364 g/mol. The first-order chi connectivity index (χ1) is 13.2. The third kappa shape index (κ3) is 3.15. The molecule has 0 aliphatic rings. The normalized spacial score (nSPS) is 10.8. The molecule has 0 fully saturated rings. The molecule has 0 aliphatic heterocycles. The van der Waals surface area contributed by atoms with Crippen molar-refractivity contribution in [3.8, 4) is 22.9 Å². The molecule has 2 heterocycles. The minimum atomic E-state index is -0.461. The van der Waals surface area contributed by atoms with Gasteiger partial charge in [0, 0.05) is 11.9 Å². The number of anilines is 2. The number of ether oxygens (including phenoxy) is 2. The van der Waals surface area contributed by atoms with E-state index in [0.29, 0.717) is 22.7 Å². The van der Waals surface area contributed by atoms with Crippen LogP contribution in [0.25, 0.3) is 22.4 Å². The van der Waals surface area contributed by atoms with E-state index in [9.17, 15) is 4.39 Å². The molecule has 27 heavy (non-hydrogen) atoms. The predicted octanol–water partition coefficient (Wildman–Crippen LogP) is 4.52. The summed E-state index contributed by atoms with van der Waals surface area (Å²) in [5.74, 6) is 1.46. The summed E-state index contributed by atoms with van der Waals surface area (Å²) in [6.07, 6.45) is 1.66. The van der Waals surface area contributed by atoms with E-state index < -0.39 is 5.82 Å².